The van der Waals surface area contributed by atoms with E-state index in [4.69, 9.17) is 22.1 Å². The second-order valence-corrected chi connectivity index (χ2v) is 5.26. The van der Waals surface area contributed by atoms with Crippen molar-refractivity contribution in [2.24, 2.45) is 0 Å². The first-order chi connectivity index (χ1) is 9.45. The van der Waals surface area contributed by atoms with Crippen LogP contribution in [0.15, 0.2) is 34.8 Å². The maximum absolute atomic E-state index is 13.5. The topological polar surface area (TPSA) is 52.3 Å². The van der Waals surface area contributed by atoms with Crippen LogP contribution in [0.25, 0.3) is 0 Å². The van der Waals surface area contributed by atoms with Crippen LogP contribution in [-0.2, 0) is 0 Å². The number of anilines is 1. The van der Waals surface area contributed by atoms with Crippen molar-refractivity contribution in [2.75, 3.05) is 12.8 Å². The quantitative estimate of drug-likeness (QED) is 0.665. The van der Waals surface area contributed by atoms with Gasteiger partial charge >= 0.3 is 0 Å². The fourth-order valence-electron chi connectivity index (χ4n) is 1.76. The van der Waals surface area contributed by atoms with Gasteiger partial charge in [-0.25, -0.2) is 4.39 Å². The maximum Gasteiger partial charge on any atom is 0.198 e. The van der Waals surface area contributed by atoms with Crippen molar-refractivity contribution in [3.63, 3.8) is 0 Å². The average molecular weight is 359 g/mol. The Labute approximate surface area is 128 Å². The molecule has 0 unspecified atom stereocenters. The lowest BCUT2D eigenvalue weighted by Crippen LogP contribution is -2.08. The van der Waals surface area contributed by atoms with Gasteiger partial charge in [-0.05, 0) is 34.1 Å². The van der Waals surface area contributed by atoms with E-state index in [-0.39, 0.29) is 37.8 Å². The van der Waals surface area contributed by atoms with Crippen LogP contribution in [0.2, 0.25) is 5.02 Å². The second kappa shape index (κ2) is 5.81. The maximum atomic E-state index is 13.5. The third kappa shape index (κ3) is 2.64. The molecule has 104 valence electrons. The molecule has 0 radical (unpaired) electrons. The molecule has 0 saturated heterocycles. The minimum atomic E-state index is -0.516. The van der Waals surface area contributed by atoms with E-state index in [0.717, 1.165) is 6.07 Å². The van der Waals surface area contributed by atoms with Crippen LogP contribution < -0.4 is 10.5 Å². The Morgan fingerprint density at radius 3 is 2.70 bits per heavy atom. The lowest BCUT2D eigenvalue weighted by molar-refractivity contribution is 0.103. The number of para-hydroxylation sites is 1. The fourth-order valence-corrected chi connectivity index (χ4v) is 2.27. The normalized spacial score (nSPS) is 10.4. The molecule has 3 nitrogen and oxygen atoms in total. The summed E-state index contributed by atoms with van der Waals surface area (Å²) in [6.45, 7) is 0. The number of carbonyl (C=O) groups excluding carboxylic acids is 1. The van der Waals surface area contributed by atoms with Gasteiger partial charge in [-0.1, -0.05) is 17.7 Å². The highest BCUT2D eigenvalue weighted by molar-refractivity contribution is 9.10. The van der Waals surface area contributed by atoms with E-state index in [1.165, 1.54) is 13.2 Å². The number of nitrogen functional groups attached to an aromatic ring is 1. The molecule has 6 heteroatoms. The summed E-state index contributed by atoms with van der Waals surface area (Å²) in [5.41, 5.74) is 6.43. The van der Waals surface area contributed by atoms with Gasteiger partial charge in [0.15, 0.2) is 5.78 Å². The first-order valence-electron chi connectivity index (χ1n) is 5.57. The van der Waals surface area contributed by atoms with Crippen molar-refractivity contribution in [3.8, 4) is 5.75 Å². The van der Waals surface area contributed by atoms with Gasteiger partial charge in [0.25, 0.3) is 0 Å². The SMILES string of the molecule is COc1cc(F)c(Br)cc1C(=O)c1cccc(Cl)c1N. The Balaban J connectivity index is 2.59. The highest BCUT2D eigenvalue weighted by atomic mass is 79.9. The minimum absolute atomic E-state index is 0.134. The molecule has 0 saturated carbocycles. The van der Waals surface area contributed by atoms with Crippen LogP contribution in [0.5, 0.6) is 5.75 Å². The smallest absolute Gasteiger partial charge is 0.198 e. The monoisotopic (exact) mass is 357 g/mol. The molecule has 2 aromatic rings. The van der Waals surface area contributed by atoms with Gasteiger partial charge in [0, 0.05) is 11.6 Å². The number of hydrogen-bond acceptors (Lipinski definition) is 3. The summed E-state index contributed by atoms with van der Waals surface area (Å²) in [7, 11) is 1.36. The summed E-state index contributed by atoms with van der Waals surface area (Å²) in [4.78, 5) is 12.5. The number of carbonyl (C=O) groups is 1. The van der Waals surface area contributed by atoms with Crippen molar-refractivity contribution >= 4 is 39.0 Å². The van der Waals surface area contributed by atoms with Crippen LogP contribution >= 0.6 is 27.5 Å². The van der Waals surface area contributed by atoms with Gasteiger partial charge in [0.05, 0.1) is 27.9 Å². The molecule has 0 bridgehead atoms. The van der Waals surface area contributed by atoms with E-state index in [0.29, 0.717) is 0 Å². The summed E-state index contributed by atoms with van der Waals surface area (Å²) in [6.07, 6.45) is 0. The highest BCUT2D eigenvalue weighted by Gasteiger charge is 2.20. The summed E-state index contributed by atoms with van der Waals surface area (Å²) in [6, 6.07) is 7.26. The third-order valence-electron chi connectivity index (χ3n) is 2.78. The summed E-state index contributed by atoms with van der Waals surface area (Å²) in [5, 5.41) is 0.288. The zero-order valence-corrected chi connectivity index (χ0v) is 12.8. The van der Waals surface area contributed by atoms with Crippen LogP contribution in [0.1, 0.15) is 15.9 Å². The summed E-state index contributed by atoms with van der Waals surface area (Å²) in [5.74, 6) is -0.768. The predicted molar refractivity (Wildman–Crippen MR) is 79.9 cm³/mol. The molecule has 2 rings (SSSR count). The van der Waals surface area contributed by atoms with Gasteiger partial charge in [-0.15, -0.1) is 0 Å². The zero-order chi connectivity index (χ0) is 14.9. The molecule has 0 atom stereocenters. The molecule has 0 fully saturated rings. The molecule has 0 aromatic heterocycles. The number of rotatable bonds is 3. The Morgan fingerprint density at radius 1 is 1.35 bits per heavy atom. The first kappa shape index (κ1) is 14.8. The number of ether oxygens (including phenoxy) is 1. The molecule has 0 amide bonds. The van der Waals surface area contributed by atoms with E-state index in [2.05, 4.69) is 15.9 Å². The second-order valence-electron chi connectivity index (χ2n) is 4.00. The standard InChI is InChI=1S/C14H10BrClFNO2/c1-20-12-6-11(17)9(15)5-8(12)14(19)7-3-2-4-10(16)13(7)18/h2-6H,18H2,1H3. The molecule has 0 aliphatic rings. The number of nitrogens with two attached hydrogens (primary N) is 1. The molecule has 2 aromatic carbocycles. The van der Waals surface area contributed by atoms with Crippen molar-refractivity contribution in [3.05, 3.63) is 56.8 Å². The fraction of sp³-hybridized carbons (Fsp3) is 0.0714. The van der Waals surface area contributed by atoms with E-state index in [1.54, 1.807) is 18.2 Å². The summed E-state index contributed by atoms with van der Waals surface area (Å²) >= 11 is 8.94. The molecule has 0 aliphatic heterocycles. The Morgan fingerprint density at radius 2 is 2.05 bits per heavy atom. The molecule has 0 aliphatic carbocycles. The number of hydrogen-bond donors (Lipinski definition) is 1. The third-order valence-corrected chi connectivity index (χ3v) is 3.72. The summed E-state index contributed by atoms with van der Waals surface area (Å²) < 4.78 is 18.7. The van der Waals surface area contributed by atoms with Crippen LogP contribution in [0, 0.1) is 5.82 Å². The Kier molecular flexibility index (Phi) is 4.30. The Hall–Kier alpha value is -1.59. The number of benzene rings is 2. The van der Waals surface area contributed by atoms with Gasteiger partial charge in [-0.3, -0.25) is 4.79 Å². The van der Waals surface area contributed by atoms with Crippen molar-refractivity contribution in [2.45, 2.75) is 0 Å². The van der Waals surface area contributed by atoms with Gasteiger partial charge in [0.2, 0.25) is 0 Å². The number of ketones is 1. The zero-order valence-electron chi connectivity index (χ0n) is 10.4. The Bertz CT molecular complexity index is 691. The van der Waals surface area contributed by atoms with E-state index >= 15 is 0 Å². The van der Waals surface area contributed by atoms with Gasteiger partial charge in [0.1, 0.15) is 11.6 Å². The van der Waals surface area contributed by atoms with Gasteiger partial charge in [-0.2, -0.15) is 0 Å². The molecule has 0 heterocycles. The van der Waals surface area contributed by atoms with E-state index in [1.807, 2.05) is 0 Å². The van der Waals surface area contributed by atoms with E-state index in [9.17, 15) is 9.18 Å². The van der Waals surface area contributed by atoms with Crippen LogP contribution in [0.3, 0.4) is 0 Å². The molecule has 20 heavy (non-hydrogen) atoms. The van der Waals surface area contributed by atoms with Crippen molar-refractivity contribution < 1.29 is 13.9 Å². The first-order valence-corrected chi connectivity index (χ1v) is 6.74. The number of halogens is 3. The minimum Gasteiger partial charge on any atom is -0.496 e. The lowest BCUT2D eigenvalue weighted by atomic mass is 10.0. The lowest BCUT2D eigenvalue weighted by Gasteiger charge is -2.11. The molecule has 2 N–H and O–H groups in total. The van der Waals surface area contributed by atoms with E-state index < -0.39 is 5.82 Å². The molecular formula is C14H10BrClFNO2. The number of methoxy groups -OCH3 is 1. The van der Waals surface area contributed by atoms with Crippen LogP contribution in [0.4, 0.5) is 10.1 Å². The van der Waals surface area contributed by atoms with Crippen molar-refractivity contribution in [1.82, 2.24) is 0 Å². The largest absolute Gasteiger partial charge is 0.496 e. The van der Waals surface area contributed by atoms with Crippen LogP contribution in [-0.4, -0.2) is 12.9 Å². The predicted octanol–water partition coefficient (Wildman–Crippen LogP) is 4.06. The molecule has 0 spiro atoms. The van der Waals surface area contributed by atoms with Crippen molar-refractivity contribution in [1.29, 1.82) is 0 Å². The average Bonchev–Trinajstić information content (AvgIpc) is 2.43. The highest BCUT2D eigenvalue weighted by Crippen LogP contribution is 2.31. The molecular weight excluding hydrogens is 349 g/mol. The van der Waals surface area contributed by atoms with Gasteiger partial charge < -0.3 is 10.5 Å².